The fraction of sp³-hybridized carbons (Fsp3) is 0.417. The first-order valence-electron chi connectivity index (χ1n) is 11.6. The van der Waals surface area contributed by atoms with Crippen LogP contribution in [0.25, 0.3) is 16.6 Å². The van der Waals surface area contributed by atoms with E-state index in [9.17, 15) is 0 Å². The third-order valence-corrected chi connectivity index (χ3v) is 6.45. The van der Waals surface area contributed by atoms with Gasteiger partial charge in [-0.3, -0.25) is 4.98 Å². The van der Waals surface area contributed by atoms with Crippen LogP contribution >= 0.6 is 0 Å². The van der Waals surface area contributed by atoms with Gasteiger partial charge in [0, 0.05) is 43.7 Å². The summed E-state index contributed by atoms with van der Waals surface area (Å²) in [6, 6.07) is 10.3. The lowest BCUT2D eigenvalue weighted by molar-refractivity contribution is 0.122. The van der Waals surface area contributed by atoms with Crippen LogP contribution in [0.2, 0.25) is 0 Å². The Morgan fingerprint density at radius 2 is 1.88 bits per heavy atom. The van der Waals surface area contributed by atoms with Crippen LogP contribution in [0.1, 0.15) is 25.7 Å². The van der Waals surface area contributed by atoms with Crippen LogP contribution in [0.3, 0.4) is 0 Å². The Bertz CT molecular complexity index is 1250. The Labute approximate surface area is 191 Å². The maximum absolute atomic E-state index is 6.48. The van der Waals surface area contributed by atoms with Gasteiger partial charge >= 0.3 is 0 Å². The number of aromatic nitrogens is 5. The molecule has 0 radical (unpaired) electrons. The molecule has 4 aromatic heterocycles. The molecule has 33 heavy (non-hydrogen) atoms. The number of morpholine rings is 1. The normalized spacial score (nSPS) is 21.4. The maximum Gasteiger partial charge on any atom is 0.225 e. The fourth-order valence-electron chi connectivity index (χ4n) is 4.66. The molecule has 1 saturated heterocycles. The van der Waals surface area contributed by atoms with Crippen molar-refractivity contribution in [3.8, 4) is 5.88 Å². The molecule has 0 aromatic carbocycles. The summed E-state index contributed by atoms with van der Waals surface area (Å²) in [6.45, 7) is 3.11. The summed E-state index contributed by atoms with van der Waals surface area (Å²) in [5.74, 6) is 2.49. The molecule has 1 saturated carbocycles. The summed E-state index contributed by atoms with van der Waals surface area (Å²) >= 11 is 0. The van der Waals surface area contributed by atoms with Crippen molar-refractivity contribution in [1.82, 2.24) is 24.6 Å². The second kappa shape index (κ2) is 8.82. The van der Waals surface area contributed by atoms with Gasteiger partial charge in [0.1, 0.15) is 17.7 Å². The van der Waals surface area contributed by atoms with Crippen molar-refractivity contribution in [3.05, 3.63) is 48.9 Å². The molecule has 0 amide bonds. The number of fused-ring (bicyclic) bond motifs is 2. The van der Waals surface area contributed by atoms with Crippen molar-refractivity contribution < 1.29 is 9.47 Å². The van der Waals surface area contributed by atoms with Crippen molar-refractivity contribution in [2.24, 2.45) is 0 Å². The minimum absolute atomic E-state index is 0.143. The highest BCUT2D eigenvalue weighted by Crippen LogP contribution is 2.31. The fourth-order valence-corrected chi connectivity index (χ4v) is 4.66. The van der Waals surface area contributed by atoms with E-state index in [4.69, 9.17) is 14.5 Å². The first kappa shape index (κ1) is 20.2. The van der Waals surface area contributed by atoms with Gasteiger partial charge in [-0.2, -0.15) is 10.1 Å². The van der Waals surface area contributed by atoms with Gasteiger partial charge in [-0.1, -0.05) is 0 Å². The van der Waals surface area contributed by atoms with E-state index in [2.05, 4.69) is 31.3 Å². The Balaban J connectivity index is 1.14. The summed E-state index contributed by atoms with van der Waals surface area (Å²) in [5, 5.41) is 8.75. The molecule has 2 aliphatic rings. The Hall–Kier alpha value is -3.46. The van der Waals surface area contributed by atoms with Crippen molar-refractivity contribution in [2.75, 3.05) is 36.5 Å². The second-order valence-electron chi connectivity index (χ2n) is 8.64. The molecule has 1 aliphatic heterocycles. The SMILES string of the molecule is c1cnc2cc(N3CCOCC3)nc(OC3CCC(Nc4ccn5nccc5n4)CC3)c2c1. The van der Waals surface area contributed by atoms with Gasteiger partial charge in [0.25, 0.3) is 0 Å². The molecule has 1 N–H and O–H groups in total. The van der Waals surface area contributed by atoms with Crippen molar-refractivity contribution in [2.45, 2.75) is 37.8 Å². The van der Waals surface area contributed by atoms with Gasteiger partial charge < -0.3 is 19.7 Å². The number of nitrogens with one attached hydrogen (secondary N) is 1. The number of ether oxygens (including phenoxy) is 2. The molecule has 170 valence electrons. The average molecular weight is 446 g/mol. The quantitative estimate of drug-likeness (QED) is 0.500. The van der Waals surface area contributed by atoms with Gasteiger partial charge in [0.05, 0.1) is 30.3 Å². The van der Waals surface area contributed by atoms with Gasteiger partial charge in [-0.15, -0.1) is 0 Å². The minimum Gasteiger partial charge on any atom is -0.474 e. The number of rotatable bonds is 5. The van der Waals surface area contributed by atoms with Crippen LogP contribution in [-0.4, -0.2) is 63.0 Å². The molecule has 5 heterocycles. The monoisotopic (exact) mass is 445 g/mol. The third-order valence-electron chi connectivity index (χ3n) is 6.45. The first-order valence-corrected chi connectivity index (χ1v) is 11.6. The second-order valence-corrected chi connectivity index (χ2v) is 8.64. The molecule has 2 fully saturated rings. The van der Waals surface area contributed by atoms with Crippen molar-refractivity contribution in [1.29, 1.82) is 0 Å². The molecule has 9 heteroatoms. The predicted octanol–water partition coefficient (Wildman–Crippen LogP) is 3.31. The highest BCUT2D eigenvalue weighted by Gasteiger charge is 2.25. The number of hydrogen-bond donors (Lipinski definition) is 1. The van der Waals surface area contributed by atoms with E-state index in [1.165, 1.54) is 0 Å². The summed E-state index contributed by atoms with van der Waals surface area (Å²) in [5.41, 5.74) is 1.77. The topological polar surface area (TPSA) is 89.7 Å². The Morgan fingerprint density at radius 1 is 1.00 bits per heavy atom. The van der Waals surface area contributed by atoms with Crippen molar-refractivity contribution >= 4 is 28.2 Å². The minimum atomic E-state index is 0.143. The highest BCUT2D eigenvalue weighted by molar-refractivity contribution is 5.85. The smallest absolute Gasteiger partial charge is 0.225 e. The van der Waals surface area contributed by atoms with Crippen molar-refractivity contribution in [3.63, 3.8) is 0 Å². The number of hydrogen-bond acceptors (Lipinski definition) is 8. The van der Waals surface area contributed by atoms with E-state index in [-0.39, 0.29) is 6.10 Å². The predicted molar refractivity (Wildman–Crippen MR) is 126 cm³/mol. The van der Waals surface area contributed by atoms with Crippen LogP contribution in [0.4, 0.5) is 11.6 Å². The van der Waals surface area contributed by atoms with E-state index in [1.54, 1.807) is 10.7 Å². The lowest BCUT2D eigenvalue weighted by atomic mass is 9.93. The summed E-state index contributed by atoms with van der Waals surface area (Å²) < 4.78 is 13.8. The standard InChI is InChI=1S/C24H27N7O2/c1-2-19-20(25-9-1)16-23(30-12-14-32-15-13-30)29-24(19)33-18-5-3-17(4-6-18)27-21-8-11-31-22(28-21)7-10-26-31/h1-2,7-11,16-18H,3-6,12-15H2,(H,27,28). The van der Waals surface area contributed by atoms with Crippen LogP contribution in [0.15, 0.2) is 48.9 Å². The van der Waals surface area contributed by atoms with E-state index in [0.29, 0.717) is 11.9 Å². The molecule has 4 aromatic rings. The number of pyridine rings is 2. The first-order chi connectivity index (χ1) is 16.3. The zero-order chi connectivity index (χ0) is 22.0. The van der Waals surface area contributed by atoms with Gasteiger partial charge in [-0.25, -0.2) is 9.50 Å². The molecular weight excluding hydrogens is 418 g/mol. The van der Waals surface area contributed by atoms with Crippen LogP contribution in [0, 0.1) is 0 Å². The lowest BCUT2D eigenvalue weighted by Crippen LogP contribution is -2.37. The number of nitrogens with zero attached hydrogens (tertiary/aromatic N) is 6. The van der Waals surface area contributed by atoms with E-state index in [0.717, 1.165) is 80.2 Å². The van der Waals surface area contributed by atoms with Gasteiger partial charge in [-0.05, 0) is 43.9 Å². The van der Waals surface area contributed by atoms with Gasteiger partial charge in [0.2, 0.25) is 5.88 Å². The Kier molecular flexibility index (Phi) is 5.39. The summed E-state index contributed by atoms with van der Waals surface area (Å²) in [6.07, 6.45) is 9.65. The molecule has 0 atom stereocenters. The number of anilines is 2. The molecular formula is C24H27N7O2. The molecule has 0 bridgehead atoms. The molecule has 6 rings (SSSR count). The Morgan fingerprint density at radius 3 is 2.76 bits per heavy atom. The average Bonchev–Trinajstić information content (AvgIpc) is 3.34. The van der Waals surface area contributed by atoms with Crippen LogP contribution < -0.4 is 15.0 Å². The summed E-state index contributed by atoms with van der Waals surface area (Å²) in [4.78, 5) is 16.3. The van der Waals surface area contributed by atoms with Crippen LogP contribution in [-0.2, 0) is 4.74 Å². The maximum atomic E-state index is 6.48. The van der Waals surface area contributed by atoms with Gasteiger partial charge in [0.15, 0.2) is 5.65 Å². The largest absolute Gasteiger partial charge is 0.474 e. The molecule has 9 nitrogen and oxygen atoms in total. The lowest BCUT2D eigenvalue weighted by Gasteiger charge is -2.31. The zero-order valence-corrected chi connectivity index (χ0v) is 18.4. The van der Waals surface area contributed by atoms with E-state index in [1.807, 2.05) is 36.7 Å². The molecule has 1 aliphatic carbocycles. The third kappa shape index (κ3) is 4.28. The molecule has 0 unspecified atom stereocenters. The molecule has 0 spiro atoms. The van der Waals surface area contributed by atoms with E-state index < -0.39 is 0 Å². The summed E-state index contributed by atoms with van der Waals surface area (Å²) in [7, 11) is 0. The van der Waals surface area contributed by atoms with Crippen LogP contribution in [0.5, 0.6) is 5.88 Å². The zero-order valence-electron chi connectivity index (χ0n) is 18.4. The van der Waals surface area contributed by atoms with E-state index >= 15 is 0 Å². The highest BCUT2D eigenvalue weighted by atomic mass is 16.5.